The first-order chi connectivity index (χ1) is 5.37. The van der Waals surface area contributed by atoms with Crippen LogP contribution in [0.15, 0.2) is 0 Å². The fourth-order valence-corrected chi connectivity index (χ4v) is 1.86. The molecule has 1 nitrogen and oxygen atoms in total. The van der Waals surface area contributed by atoms with E-state index in [-0.39, 0.29) is 0 Å². The van der Waals surface area contributed by atoms with E-state index in [0.717, 1.165) is 5.92 Å². The van der Waals surface area contributed by atoms with Crippen LogP contribution in [0.2, 0.25) is 0 Å². The lowest BCUT2D eigenvalue weighted by Crippen LogP contribution is -2.44. The van der Waals surface area contributed by atoms with E-state index in [1.807, 2.05) is 0 Å². The molecule has 0 fully saturated rings. The predicted molar refractivity (Wildman–Crippen MR) is 56.4 cm³/mol. The Bertz CT molecular complexity index is 116. The molecule has 0 rings (SSSR count). The van der Waals surface area contributed by atoms with Crippen LogP contribution in [0, 0.1) is 5.92 Å². The van der Waals surface area contributed by atoms with Gasteiger partial charge in [0, 0.05) is 11.6 Å². The summed E-state index contributed by atoms with van der Waals surface area (Å²) >= 11 is 0. The van der Waals surface area contributed by atoms with Crippen LogP contribution in [0.25, 0.3) is 0 Å². The van der Waals surface area contributed by atoms with Crippen molar-refractivity contribution in [2.24, 2.45) is 5.92 Å². The Morgan fingerprint density at radius 2 is 1.67 bits per heavy atom. The minimum atomic E-state index is 0.295. The van der Waals surface area contributed by atoms with Crippen molar-refractivity contribution in [3.05, 3.63) is 0 Å². The van der Waals surface area contributed by atoms with Gasteiger partial charge in [-0.25, -0.2) is 0 Å². The number of hydrogen-bond donors (Lipinski definition) is 1. The molecule has 0 aromatic heterocycles. The van der Waals surface area contributed by atoms with Crippen LogP contribution in [0.3, 0.4) is 0 Å². The van der Waals surface area contributed by atoms with Gasteiger partial charge in [0.2, 0.25) is 0 Å². The smallest absolute Gasteiger partial charge is 0.0130 e. The summed E-state index contributed by atoms with van der Waals surface area (Å²) in [6, 6.07) is 0.587. The van der Waals surface area contributed by atoms with Gasteiger partial charge in [-0.2, -0.15) is 0 Å². The Labute approximate surface area is 77.9 Å². The monoisotopic (exact) mass is 171 g/mol. The van der Waals surface area contributed by atoms with E-state index in [2.05, 4.69) is 46.9 Å². The topological polar surface area (TPSA) is 12.0 Å². The number of rotatable bonds is 5. The average molecular weight is 171 g/mol. The van der Waals surface area contributed by atoms with Crippen molar-refractivity contribution in [3.8, 4) is 0 Å². The maximum atomic E-state index is 3.58. The molecule has 0 saturated carbocycles. The van der Waals surface area contributed by atoms with Crippen molar-refractivity contribution >= 4 is 0 Å². The molecule has 0 radical (unpaired) electrons. The lowest BCUT2D eigenvalue weighted by molar-refractivity contribution is 0.284. The van der Waals surface area contributed by atoms with E-state index in [9.17, 15) is 0 Å². The SMILES string of the molecule is CCC(C)CC(C)(C)NC(C)C. The highest BCUT2D eigenvalue weighted by molar-refractivity contribution is 4.80. The average Bonchev–Trinajstić information content (AvgIpc) is 1.83. The first kappa shape index (κ1) is 12.0. The van der Waals surface area contributed by atoms with E-state index in [0.29, 0.717) is 11.6 Å². The van der Waals surface area contributed by atoms with Crippen molar-refractivity contribution in [3.63, 3.8) is 0 Å². The minimum absolute atomic E-state index is 0.295. The Kier molecular flexibility index (Phi) is 4.84. The Morgan fingerprint density at radius 3 is 2.00 bits per heavy atom. The van der Waals surface area contributed by atoms with Crippen LogP contribution in [0.4, 0.5) is 0 Å². The second-order valence-electron chi connectivity index (χ2n) is 4.90. The summed E-state index contributed by atoms with van der Waals surface area (Å²) in [5.74, 6) is 0.825. The molecule has 0 saturated heterocycles. The molecule has 1 N–H and O–H groups in total. The standard InChI is InChI=1S/C11H25N/c1-7-10(4)8-11(5,6)12-9(2)3/h9-10,12H,7-8H2,1-6H3. The molecule has 1 heteroatoms. The molecule has 0 heterocycles. The first-order valence-corrected chi connectivity index (χ1v) is 5.15. The molecular formula is C11H25N. The van der Waals surface area contributed by atoms with Crippen LogP contribution in [0.1, 0.15) is 54.4 Å². The molecule has 12 heavy (non-hydrogen) atoms. The highest BCUT2D eigenvalue weighted by Crippen LogP contribution is 2.18. The molecule has 1 unspecified atom stereocenters. The highest BCUT2D eigenvalue weighted by Gasteiger charge is 2.20. The zero-order valence-corrected chi connectivity index (χ0v) is 9.57. The summed E-state index contributed by atoms with van der Waals surface area (Å²) in [7, 11) is 0. The van der Waals surface area contributed by atoms with Gasteiger partial charge in [-0.3, -0.25) is 0 Å². The highest BCUT2D eigenvalue weighted by atomic mass is 15.0. The summed E-state index contributed by atoms with van der Waals surface area (Å²) in [6.45, 7) is 13.6. The molecule has 0 spiro atoms. The summed E-state index contributed by atoms with van der Waals surface area (Å²) in [6.07, 6.45) is 2.55. The van der Waals surface area contributed by atoms with Crippen LogP contribution in [-0.4, -0.2) is 11.6 Å². The Morgan fingerprint density at radius 1 is 1.17 bits per heavy atom. The van der Waals surface area contributed by atoms with Gasteiger partial charge in [0.15, 0.2) is 0 Å². The predicted octanol–water partition coefficient (Wildman–Crippen LogP) is 3.20. The fourth-order valence-electron chi connectivity index (χ4n) is 1.86. The summed E-state index contributed by atoms with van der Waals surface area (Å²) in [4.78, 5) is 0. The van der Waals surface area contributed by atoms with Crippen LogP contribution in [-0.2, 0) is 0 Å². The van der Waals surface area contributed by atoms with Crippen molar-refractivity contribution < 1.29 is 0 Å². The van der Waals surface area contributed by atoms with E-state index in [1.54, 1.807) is 0 Å². The fraction of sp³-hybridized carbons (Fsp3) is 1.00. The molecule has 0 aromatic rings. The number of hydrogen-bond acceptors (Lipinski definition) is 1. The zero-order chi connectivity index (χ0) is 9.78. The summed E-state index contributed by atoms with van der Waals surface area (Å²) in [5.41, 5.74) is 0.295. The van der Waals surface area contributed by atoms with Crippen LogP contribution >= 0.6 is 0 Å². The van der Waals surface area contributed by atoms with E-state index < -0.39 is 0 Å². The third-order valence-electron chi connectivity index (χ3n) is 2.24. The zero-order valence-electron chi connectivity index (χ0n) is 9.57. The lowest BCUT2D eigenvalue weighted by atomic mass is 9.89. The van der Waals surface area contributed by atoms with Gasteiger partial charge < -0.3 is 5.32 Å². The van der Waals surface area contributed by atoms with E-state index in [1.165, 1.54) is 12.8 Å². The second-order valence-corrected chi connectivity index (χ2v) is 4.90. The summed E-state index contributed by atoms with van der Waals surface area (Å²) < 4.78 is 0. The van der Waals surface area contributed by atoms with Crippen LogP contribution < -0.4 is 5.32 Å². The molecule has 0 aliphatic carbocycles. The van der Waals surface area contributed by atoms with Crippen LogP contribution in [0.5, 0.6) is 0 Å². The maximum Gasteiger partial charge on any atom is 0.0130 e. The maximum absolute atomic E-state index is 3.58. The summed E-state index contributed by atoms with van der Waals surface area (Å²) in [5, 5.41) is 3.58. The molecule has 0 aliphatic heterocycles. The minimum Gasteiger partial charge on any atom is -0.310 e. The molecule has 0 aromatic carbocycles. The third-order valence-corrected chi connectivity index (χ3v) is 2.24. The van der Waals surface area contributed by atoms with Gasteiger partial charge in [-0.15, -0.1) is 0 Å². The van der Waals surface area contributed by atoms with Gasteiger partial charge in [-0.1, -0.05) is 34.1 Å². The van der Waals surface area contributed by atoms with Gasteiger partial charge in [0.1, 0.15) is 0 Å². The second kappa shape index (κ2) is 4.86. The van der Waals surface area contributed by atoms with Gasteiger partial charge in [0.05, 0.1) is 0 Å². The van der Waals surface area contributed by atoms with Crippen molar-refractivity contribution in [1.29, 1.82) is 0 Å². The van der Waals surface area contributed by atoms with Gasteiger partial charge in [0.25, 0.3) is 0 Å². The Balaban J connectivity index is 3.85. The van der Waals surface area contributed by atoms with Gasteiger partial charge in [-0.05, 0) is 26.2 Å². The molecule has 1 atom stereocenters. The quantitative estimate of drug-likeness (QED) is 0.670. The molecule has 0 aliphatic rings. The van der Waals surface area contributed by atoms with Gasteiger partial charge >= 0.3 is 0 Å². The number of nitrogens with one attached hydrogen (secondary N) is 1. The largest absolute Gasteiger partial charge is 0.310 e. The third kappa shape index (κ3) is 5.59. The molecular weight excluding hydrogens is 146 g/mol. The van der Waals surface area contributed by atoms with E-state index >= 15 is 0 Å². The van der Waals surface area contributed by atoms with Crippen molar-refractivity contribution in [1.82, 2.24) is 5.32 Å². The lowest BCUT2D eigenvalue weighted by Gasteiger charge is -2.31. The Hall–Kier alpha value is -0.0400. The van der Waals surface area contributed by atoms with Crippen molar-refractivity contribution in [2.45, 2.75) is 66.0 Å². The first-order valence-electron chi connectivity index (χ1n) is 5.15. The molecule has 0 amide bonds. The molecule has 0 bridgehead atoms. The van der Waals surface area contributed by atoms with Crippen molar-refractivity contribution in [2.75, 3.05) is 0 Å². The van der Waals surface area contributed by atoms with E-state index in [4.69, 9.17) is 0 Å². The normalized spacial score (nSPS) is 15.2. The molecule has 74 valence electrons.